The summed E-state index contributed by atoms with van der Waals surface area (Å²) >= 11 is 1.24. The van der Waals surface area contributed by atoms with Crippen LogP contribution in [0.4, 0.5) is 4.79 Å². The Morgan fingerprint density at radius 2 is 2.00 bits per heavy atom. The van der Waals surface area contributed by atoms with Crippen molar-refractivity contribution in [2.24, 2.45) is 5.92 Å². The molecule has 0 unspecified atom stereocenters. The zero-order valence-electron chi connectivity index (χ0n) is 16.6. The first-order valence-electron chi connectivity index (χ1n) is 9.09. The van der Waals surface area contributed by atoms with Crippen molar-refractivity contribution in [3.8, 4) is 6.07 Å². The molecule has 1 aliphatic heterocycles. The zero-order valence-corrected chi connectivity index (χ0v) is 17.4. The number of nitriles is 1. The van der Waals surface area contributed by atoms with E-state index in [2.05, 4.69) is 4.98 Å². The Morgan fingerprint density at radius 3 is 2.50 bits per heavy atom. The fourth-order valence-corrected chi connectivity index (χ4v) is 3.60. The number of ketones is 1. The third kappa shape index (κ3) is 6.02. The van der Waals surface area contributed by atoms with E-state index in [9.17, 15) is 19.6 Å². The molecule has 28 heavy (non-hydrogen) atoms. The maximum Gasteiger partial charge on any atom is 0.410 e. The number of aryl methyl sites for hydroxylation is 1. The molecule has 0 bridgehead atoms. The predicted octanol–water partition coefficient (Wildman–Crippen LogP) is 2.82. The van der Waals surface area contributed by atoms with Gasteiger partial charge in [0.2, 0.25) is 0 Å². The van der Waals surface area contributed by atoms with Crippen molar-refractivity contribution in [1.29, 1.82) is 5.26 Å². The first-order chi connectivity index (χ1) is 13.1. The molecular weight excluding hydrogens is 382 g/mol. The SMILES string of the molecule is Cc1csc([C@@H](C#N)C(=O)COC(=O)C2CCN(C(=O)OC(C)(C)C)CC2)n1. The number of hydrogen-bond acceptors (Lipinski definition) is 8. The maximum absolute atomic E-state index is 12.3. The van der Waals surface area contributed by atoms with Crippen molar-refractivity contribution in [3.05, 3.63) is 16.1 Å². The zero-order chi connectivity index (χ0) is 20.9. The van der Waals surface area contributed by atoms with E-state index in [1.54, 1.807) is 38.0 Å². The maximum atomic E-state index is 12.3. The first kappa shape index (κ1) is 21.8. The summed E-state index contributed by atoms with van der Waals surface area (Å²) in [5, 5.41) is 11.4. The summed E-state index contributed by atoms with van der Waals surface area (Å²) < 4.78 is 10.5. The molecule has 1 aromatic heterocycles. The van der Waals surface area contributed by atoms with Crippen molar-refractivity contribution in [2.45, 2.75) is 52.1 Å². The second kappa shape index (κ2) is 9.15. The van der Waals surface area contributed by atoms with Gasteiger partial charge in [-0.3, -0.25) is 9.59 Å². The van der Waals surface area contributed by atoms with Crippen molar-refractivity contribution in [3.63, 3.8) is 0 Å². The molecule has 9 heteroatoms. The van der Waals surface area contributed by atoms with Gasteiger partial charge in [0.05, 0.1) is 12.0 Å². The summed E-state index contributed by atoms with van der Waals surface area (Å²) in [6.45, 7) is 7.50. The Kier molecular flexibility index (Phi) is 7.13. The number of nitrogens with zero attached hydrogens (tertiary/aromatic N) is 3. The van der Waals surface area contributed by atoms with Gasteiger partial charge >= 0.3 is 12.1 Å². The van der Waals surface area contributed by atoms with Gasteiger partial charge in [0.25, 0.3) is 0 Å². The Bertz CT molecular complexity index is 769. The lowest BCUT2D eigenvalue weighted by Crippen LogP contribution is -2.43. The van der Waals surface area contributed by atoms with E-state index < -0.39 is 36.0 Å². The summed E-state index contributed by atoms with van der Waals surface area (Å²) in [7, 11) is 0. The van der Waals surface area contributed by atoms with Gasteiger partial charge in [-0.1, -0.05) is 0 Å². The highest BCUT2D eigenvalue weighted by atomic mass is 32.1. The average Bonchev–Trinajstić information content (AvgIpc) is 3.05. The van der Waals surface area contributed by atoms with E-state index in [-0.39, 0.29) is 5.92 Å². The van der Waals surface area contributed by atoms with Crippen LogP contribution in [-0.2, 0) is 19.1 Å². The van der Waals surface area contributed by atoms with Crippen LogP contribution in [0.5, 0.6) is 0 Å². The minimum Gasteiger partial charge on any atom is -0.457 e. The van der Waals surface area contributed by atoms with Gasteiger partial charge in [-0.25, -0.2) is 9.78 Å². The third-order valence-electron chi connectivity index (χ3n) is 4.17. The Labute approximate surface area is 168 Å². The van der Waals surface area contributed by atoms with Gasteiger partial charge in [-0.05, 0) is 40.5 Å². The second-order valence-corrected chi connectivity index (χ2v) is 8.59. The summed E-state index contributed by atoms with van der Waals surface area (Å²) in [4.78, 5) is 42.3. The van der Waals surface area contributed by atoms with E-state index in [4.69, 9.17) is 9.47 Å². The lowest BCUT2D eigenvalue weighted by Gasteiger charge is -2.32. The third-order valence-corrected chi connectivity index (χ3v) is 5.20. The molecule has 0 aromatic carbocycles. The van der Waals surface area contributed by atoms with Crippen LogP contribution in [0, 0.1) is 24.2 Å². The van der Waals surface area contributed by atoms with Gasteiger partial charge in [0, 0.05) is 24.2 Å². The topological polar surface area (TPSA) is 110 Å². The molecule has 0 N–H and O–H groups in total. The summed E-state index contributed by atoms with van der Waals surface area (Å²) in [6.07, 6.45) is 0.490. The summed E-state index contributed by atoms with van der Waals surface area (Å²) in [5.74, 6) is -2.38. The first-order valence-corrected chi connectivity index (χ1v) is 9.97. The van der Waals surface area contributed by atoms with Gasteiger partial charge in [0.1, 0.15) is 10.6 Å². The Balaban J connectivity index is 1.80. The highest BCUT2D eigenvalue weighted by molar-refractivity contribution is 7.09. The van der Waals surface area contributed by atoms with Crippen molar-refractivity contribution >= 4 is 29.2 Å². The lowest BCUT2D eigenvalue weighted by atomic mass is 9.97. The van der Waals surface area contributed by atoms with Crippen LogP contribution in [0.15, 0.2) is 5.38 Å². The molecule has 2 rings (SSSR count). The molecule has 0 radical (unpaired) electrons. The number of aromatic nitrogens is 1. The summed E-state index contributed by atoms with van der Waals surface area (Å²) in [5.41, 5.74) is 0.169. The molecule has 0 saturated carbocycles. The summed E-state index contributed by atoms with van der Waals surface area (Å²) in [6, 6.07) is 1.92. The van der Waals surface area contributed by atoms with E-state index in [0.29, 0.717) is 30.9 Å². The molecule has 1 aliphatic rings. The molecule has 1 atom stereocenters. The lowest BCUT2D eigenvalue weighted by molar-refractivity contribution is -0.153. The van der Waals surface area contributed by atoms with Gasteiger partial charge in [-0.15, -0.1) is 11.3 Å². The van der Waals surface area contributed by atoms with Crippen molar-refractivity contribution < 1.29 is 23.9 Å². The molecule has 0 aliphatic carbocycles. The molecule has 152 valence electrons. The number of likely N-dealkylation sites (tertiary alicyclic amines) is 1. The van der Waals surface area contributed by atoms with Crippen LogP contribution in [-0.4, -0.2) is 53.0 Å². The normalized spacial score (nSPS) is 16.2. The molecule has 1 saturated heterocycles. The quantitative estimate of drug-likeness (QED) is 0.690. The largest absolute Gasteiger partial charge is 0.457 e. The Hall–Kier alpha value is -2.47. The van der Waals surface area contributed by atoms with Crippen LogP contribution in [0.2, 0.25) is 0 Å². The van der Waals surface area contributed by atoms with Crippen molar-refractivity contribution in [2.75, 3.05) is 19.7 Å². The number of carbonyl (C=O) groups excluding carboxylic acids is 3. The number of rotatable bonds is 5. The average molecular weight is 407 g/mol. The number of carbonyl (C=O) groups is 3. The van der Waals surface area contributed by atoms with Gasteiger partial charge in [-0.2, -0.15) is 5.26 Å². The van der Waals surface area contributed by atoms with Crippen LogP contribution in [0.3, 0.4) is 0 Å². The van der Waals surface area contributed by atoms with Crippen LogP contribution in [0.1, 0.15) is 50.2 Å². The molecule has 1 amide bonds. The van der Waals surface area contributed by atoms with E-state index in [1.165, 1.54) is 11.3 Å². The molecular formula is C19H25N3O5S. The van der Waals surface area contributed by atoms with Crippen LogP contribution < -0.4 is 0 Å². The number of piperidine rings is 1. The monoisotopic (exact) mass is 407 g/mol. The molecule has 1 fully saturated rings. The molecule has 1 aromatic rings. The minimum absolute atomic E-state index is 0.380. The highest BCUT2D eigenvalue weighted by Crippen LogP contribution is 2.23. The van der Waals surface area contributed by atoms with E-state index >= 15 is 0 Å². The predicted molar refractivity (Wildman–Crippen MR) is 102 cm³/mol. The Morgan fingerprint density at radius 1 is 1.36 bits per heavy atom. The minimum atomic E-state index is -1.03. The fourth-order valence-electron chi connectivity index (χ4n) is 2.74. The smallest absolute Gasteiger partial charge is 0.410 e. The number of hydrogen-bond donors (Lipinski definition) is 0. The molecule has 8 nitrogen and oxygen atoms in total. The van der Waals surface area contributed by atoms with Gasteiger partial charge in [0.15, 0.2) is 18.3 Å². The number of amides is 1. The number of Topliss-reactive ketones (excluding diaryl/α,β-unsaturated/α-hetero) is 1. The number of esters is 1. The van der Waals surface area contributed by atoms with Gasteiger partial charge < -0.3 is 14.4 Å². The van der Waals surface area contributed by atoms with E-state index in [0.717, 1.165) is 5.69 Å². The second-order valence-electron chi connectivity index (χ2n) is 7.70. The van der Waals surface area contributed by atoms with Crippen LogP contribution >= 0.6 is 11.3 Å². The molecule has 2 heterocycles. The fraction of sp³-hybridized carbons (Fsp3) is 0.632. The van der Waals surface area contributed by atoms with E-state index in [1.807, 2.05) is 6.07 Å². The standard InChI is InChI=1S/C19H25N3O5S/c1-12-11-28-16(21-12)14(9-20)15(23)10-26-17(24)13-5-7-22(8-6-13)18(25)27-19(2,3)4/h11,13-14H,5-8,10H2,1-4H3/t14-/m0/s1. The number of thiazole rings is 1. The molecule has 0 spiro atoms. The number of ether oxygens (including phenoxy) is 2. The highest BCUT2D eigenvalue weighted by Gasteiger charge is 2.32. The van der Waals surface area contributed by atoms with Crippen molar-refractivity contribution in [1.82, 2.24) is 9.88 Å². The van der Waals surface area contributed by atoms with Crippen LogP contribution in [0.25, 0.3) is 0 Å².